The zero-order valence-corrected chi connectivity index (χ0v) is 18.7. The van der Waals surface area contributed by atoms with Gasteiger partial charge in [0.2, 0.25) is 0 Å². The molecule has 156 valence electrons. The SMILES string of the molecule is CCc1nnsc1C(=O)N1CCC[C@H](c2cc(Cc3ccccc3C)cc(C)n2)C1. The van der Waals surface area contributed by atoms with Crippen molar-refractivity contribution in [3.8, 4) is 0 Å². The quantitative estimate of drug-likeness (QED) is 0.599. The molecule has 0 N–H and O–H groups in total. The average Bonchev–Trinajstić information content (AvgIpc) is 3.23. The summed E-state index contributed by atoms with van der Waals surface area (Å²) in [4.78, 5) is 20.6. The number of pyridine rings is 1. The zero-order valence-electron chi connectivity index (χ0n) is 17.9. The lowest BCUT2D eigenvalue weighted by molar-refractivity contribution is 0.0709. The Balaban J connectivity index is 1.54. The van der Waals surface area contributed by atoms with Crippen molar-refractivity contribution in [2.75, 3.05) is 13.1 Å². The smallest absolute Gasteiger partial charge is 0.267 e. The van der Waals surface area contributed by atoms with Crippen LogP contribution in [0.25, 0.3) is 0 Å². The Morgan fingerprint density at radius 2 is 2.07 bits per heavy atom. The molecular formula is C24H28N4OS. The molecule has 3 heterocycles. The molecule has 5 nitrogen and oxygen atoms in total. The van der Waals surface area contributed by atoms with Gasteiger partial charge in [-0.3, -0.25) is 9.78 Å². The molecule has 0 spiro atoms. The Hall–Kier alpha value is -2.60. The number of hydrogen-bond donors (Lipinski definition) is 0. The first kappa shape index (κ1) is 20.7. The number of likely N-dealkylation sites (tertiary alicyclic amines) is 1. The number of amides is 1. The number of aryl methyl sites for hydroxylation is 3. The highest BCUT2D eigenvalue weighted by Gasteiger charge is 2.29. The third-order valence-corrected chi connectivity index (χ3v) is 6.66. The monoisotopic (exact) mass is 420 g/mol. The first-order valence-corrected chi connectivity index (χ1v) is 11.4. The first-order valence-electron chi connectivity index (χ1n) is 10.7. The standard InChI is InChI=1S/C24H28N4OS/c1-4-21-23(30-27-26-21)24(29)28-11-7-10-20(15-28)22-14-18(12-17(3)25-22)13-19-9-6-5-8-16(19)2/h5-6,8-9,12,14,20H,4,7,10-11,13,15H2,1-3H3/t20-/m0/s1. The Morgan fingerprint density at radius 1 is 1.23 bits per heavy atom. The third-order valence-electron chi connectivity index (χ3n) is 5.90. The van der Waals surface area contributed by atoms with Gasteiger partial charge >= 0.3 is 0 Å². The normalized spacial score (nSPS) is 16.6. The van der Waals surface area contributed by atoms with E-state index in [1.807, 2.05) is 11.8 Å². The summed E-state index contributed by atoms with van der Waals surface area (Å²) in [5.41, 5.74) is 6.90. The number of piperidine rings is 1. The number of carbonyl (C=O) groups excluding carboxylic acids is 1. The fourth-order valence-electron chi connectivity index (χ4n) is 4.26. The third kappa shape index (κ3) is 4.43. The van der Waals surface area contributed by atoms with Gasteiger partial charge in [0, 0.05) is 30.4 Å². The predicted octanol–water partition coefficient (Wildman–Crippen LogP) is 4.72. The molecule has 1 aliphatic rings. The van der Waals surface area contributed by atoms with Gasteiger partial charge in [0.25, 0.3) is 5.91 Å². The summed E-state index contributed by atoms with van der Waals surface area (Å²) in [7, 11) is 0. The molecule has 30 heavy (non-hydrogen) atoms. The predicted molar refractivity (Wildman–Crippen MR) is 120 cm³/mol. The van der Waals surface area contributed by atoms with Crippen LogP contribution in [0.4, 0.5) is 0 Å². The van der Waals surface area contributed by atoms with E-state index >= 15 is 0 Å². The molecule has 0 radical (unpaired) electrons. The highest BCUT2D eigenvalue weighted by molar-refractivity contribution is 7.08. The average molecular weight is 421 g/mol. The summed E-state index contributed by atoms with van der Waals surface area (Å²) < 4.78 is 3.99. The maximum atomic E-state index is 13.1. The van der Waals surface area contributed by atoms with Crippen LogP contribution >= 0.6 is 11.5 Å². The number of aromatic nitrogens is 3. The molecule has 1 aliphatic heterocycles. The molecule has 0 unspecified atom stereocenters. The minimum Gasteiger partial charge on any atom is -0.337 e. The summed E-state index contributed by atoms with van der Waals surface area (Å²) in [6.45, 7) is 7.73. The minimum atomic E-state index is 0.0688. The first-order chi connectivity index (χ1) is 14.5. The van der Waals surface area contributed by atoms with E-state index in [1.54, 1.807) is 0 Å². The Kier molecular flexibility index (Phi) is 6.23. The van der Waals surface area contributed by atoms with Gasteiger partial charge < -0.3 is 4.90 Å². The topological polar surface area (TPSA) is 59.0 Å². The van der Waals surface area contributed by atoms with Crippen molar-refractivity contribution in [3.63, 3.8) is 0 Å². The van der Waals surface area contributed by atoms with Crippen LogP contribution < -0.4 is 0 Å². The van der Waals surface area contributed by atoms with Crippen LogP contribution in [0.1, 0.15) is 69.1 Å². The fraction of sp³-hybridized carbons (Fsp3) is 0.417. The molecule has 0 saturated carbocycles. The van der Waals surface area contributed by atoms with E-state index in [-0.39, 0.29) is 11.8 Å². The molecule has 0 aliphatic carbocycles. The Morgan fingerprint density at radius 3 is 2.87 bits per heavy atom. The van der Waals surface area contributed by atoms with E-state index in [0.29, 0.717) is 11.4 Å². The van der Waals surface area contributed by atoms with Crippen molar-refractivity contribution in [3.05, 3.63) is 75.0 Å². The lowest BCUT2D eigenvalue weighted by Gasteiger charge is -2.32. The highest BCUT2D eigenvalue weighted by Crippen LogP contribution is 2.29. The van der Waals surface area contributed by atoms with Crippen LogP contribution in [-0.2, 0) is 12.8 Å². The second-order valence-electron chi connectivity index (χ2n) is 8.14. The summed E-state index contributed by atoms with van der Waals surface area (Å²) in [6, 6.07) is 13.0. The summed E-state index contributed by atoms with van der Waals surface area (Å²) in [5.74, 6) is 0.337. The van der Waals surface area contributed by atoms with E-state index in [2.05, 4.69) is 59.8 Å². The van der Waals surface area contributed by atoms with Gasteiger partial charge in [0.1, 0.15) is 4.88 Å². The molecule has 2 aromatic heterocycles. The van der Waals surface area contributed by atoms with Crippen LogP contribution in [0.15, 0.2) is 36.4 Å². The highest BCUT2D eigenvalue weighted by atomic mass is 32.1. The summed E-state index contributed by atoms with van der Waals surface area (Å²) in [5, 5.41) is 4.11. The molecule has 1 saturated heterocycles. The van der Waals surface area contributed by atoms with E-state index in [0.717, 1.165) is 49.3 Å². The second-order valence-corrected chi connectivity index (χ2v) is 8.89. The van der Waals surface area contributed by atoms with Gasteiger partial charge in [-0.25, -0.2) is 0 Å². The van der Waals surface area contributed by atoms with Crippen LogP contribution in [0, 0.1) is 13.8 Å². The maximum Gasteiger partial charge on any atom is 0.267 e. The van der Waals surface area contributed by atoms with Crippen molar-refractivity contribution >= 4 is 17.4 Å². The van der Waals surface area contributed by atoms with Gasteiger partial charge in [-0.15, -0.1) is 5.10 Å². The molecular weight excluding hydrogens is 392 g/mol. The molecule has 3 aromatic rings. The lowest BCUT2D eigenvalue weighted by Crippen LogP contribution is -2.39. The van der Waals surface area contributed by atoms with Gasteiger partial charge in [-0.1, -0.05) is 35.7 Å². The van der Waals surface area contributed by atoms with Gasteiger partial charge in [0.15, 0.2) is 0 Å². The Bertz CT molecular complexity index is 1050. The van der Waals surface area contributed by atoms with Crippen LogP contribution in [0.3, 0.4) is 0 Å². The van der Waals surface area contributed by atoms with Gasteiger partial charge in [-0.05, 0) is 79.9 Å². The van der Waals surface area contributed by atoms with E-state index in [1.165, 1.54) is 28.2 Å². The molecule has 0 bridgehead atoms. The molecule has 1 atom stereocenters. The van der Waals surface area contributed by atoms with Crippen LogP contribution in [0.2, 0.25) is 0 Å². The number of rotatable bonds is 5. The largest absolute Gasteiger partial charge is 0.337 e. The fourth-order valence-corrected chi connectivity index (χ4v) is 4.98. The lowest BCUT2D eigenvalue weighted by atomic mass is 9.91. The zero-order chi connectivity index (χ0) is 21.1. The molecule has 1 aromatic carbocycles. The maximum absolute atomic E-state index is 13.1. The van der Waals surface area contributed by atoms with Crippen molar-refractivity contribution in [1.29, 1.82) is 0 Å². The summed E-state index contributed by atoms with van der Waals surface area (Å²) >= 11 is 1.21. The number of benzene rings is 1. The van der Waals surface area contributed by atoms with Crippen LogP contribution in [-0.4, -0.2) is 38.5 Å². The van der Waals surface area contributed by atoms with Crippen molar-refractivity contribution < 1.29 is 4.79 Å². The van der Waals surface area contributed by atoms with Crippen molar-refractivity contribution in [2.45, 2.75) is 52.4 Å². The number of hydrogen-bond acceptors (Lipinski definition) is 5. The van der Waals surface area contributed by atoms with Crippen molar-refractivity contribution in [1.82, 2.24) is 19.5 Å². The van der Waals surface area contributed by atoms with E-state index < -0.39 is 0 Å². The Labute approximate surface area is 182 Å². The summed E-state index contributed by atoms with van der Waals surface area (Å²) in [6.07, 6.45) is 3.69. The second kappa shape index (κ2) is 9.04. The number of carbonyl (C=O) groups is 1. The molecule has 1 fully saturated rings. The van der Waals surface area contributed by atoms with Crippen molar-refractivity contribution in [2.24, 2.45) is 0 Å². The van der Waals surface area contributed by atoms with Crippen LogP contribution in [0.5, 0.6) is 0 Å². The van der Waals surface area contributed by atoms with Gasteiger partial charge in [-0.2, -0.15) is 0 Å². The molecule has 1 amide bonds. The van der Waals surface area contributed by atoms with E-state index in [9.17, 15) is 4.79 Å². The number of nitrogens with zero attached hydrogens (tertiary/aromatic N) is 4. The molecule has 6 heteroatoms. The van der Waals surface area contributed by atoms with Gasteiger partial charge in [0.05, 0.1) is 5.69 Å². The molecule has 4 rings (SSSR count). The van der Waals surface area contributed by atoms with E-state index in [4.69, 9.17) is 4.98 Å². The minimum absolute atomic E-state index is 0.0688.